The van der Waals surface area contributed by atoms with Gasteiger partial charge in [-0.25, -0.2) is 0 Å². The van der Waals surface area contributed by atoms with Crippen LogP contribution in [-0.4, -0.2) is 11.7 Å². The molecule has 0 saturated heterocycles. The molecule has 1 nitrogen and oxygen atoms in total. The standard InChI is InChI=1S/C7H14O/c1-3-5-7(4-2)6-8/h3,7-8H,1,4-6H2,2H3. The predicted octanol–water partition coefficient (Wildman–Crippen LogP) is 1.58. The summed E-state index contributed by atoms with van der Waals surface area (Å²) in [6, 6.07) is 0. The van der Waals surface area contributed by atoms with Crippen molar-refractivity contribution in [3.63, 3.8) is 0 Å². The largest absolute Gasteiger partial charge is 0.396 e. The van der Waals surface area contributed by atoms with E-state index in [9.17, 15) is 0 Å². The lowest BCUT2D eigenvalue weighted by molar-refractivity contribution is 0.224. The molecule has 0 saturated carbocycles. The summed E-state index contributed by atoms with van der Waals surface area (Å²) in [5, 5.41) is 8.61. The third kappa shape index (κ3) is 2.80. The number of hydrogen-bond acceptors (Lipinski definition) is 1. The first-order chi connectivity index (χ1) is 3.85. The molecule has 0 aliphatic carbocycles. The van der Waals surface area contributed by atoms with E-state index < -0.39 is 0 Å². The summed E-state index contributed by atoms with van der Waals surface area (Å²) in [6.07, 6.45) is 3.83. The Morgan fingerprint density at radius 3 is 2.50 bits per heavy atom. The zero-order valence-electron chi connectivity index (χ0n) is 5.43. The molecule has 0 aromatic heterocycles. The minimum absolute atomic E-state index is 0.294. The molecule has 0 spiro atoms. The molecule has 0 bridgehead atoms. The van der Waals surface area contributed by atoms with E-state index in [0.29, 0.717) is 12.5 Å². The fraction of sp³-hybridized carbons (Fsp3) is 0.714. The van der Waals surface area contributed by atoms with Gasteiger partial charge in [-0.1, -0.05) is 19.4 Å². The summed E-state index contributed by atoms with van der Waals surface area (Å²) in [7, 11) is 0. The minimum atomic E-state index is 0.294. The molecule has 0 amide bonds. The maximum Gasteiger partial charge on any atom is 0.0462 e. The maximum atomic E-state index is 8.61. The van der Waals surface area contributed by atoms with E-state index in [1.807, 2.05) is 6.08 Å². The number of hydrogen-bond donors (Lipinski definition) is 1. The van der Waals surface area contributed by atoms with Gasteiger partial charge in [-0.15, -0.1) is 6.58 Å². The van der Waals surface area contributed by atoms with Crippen molar-refractivity contribution in [3.05, 3.63) is 12.7 Å². The first kappa shape index (κ1) is 7.70. The Hall–Kier alpha value is -0.300. The molecule has 0 aliphatic heterocycles. The molecule has 0 aromatic rings. The summed E-state index contributed by atoms with van der Waals surface area (Å²) in [4.78, 5) is 0. The van der Waals surface area contributed by atoms with Crippen molar-refractivity contribution >= 4 is 0 Å². The average molecular weight is 114 g/mol. The Balaban J connectivity index is 3.20. The van der Waals surface area contributed by atoms with Crippen LogP contribution in [0.5, 0.6) is 0 Å². The lowest BCUT2D eigenvalue weighted by Gasteiger charge is -2.05. The molecular formula is C7H14O. The number of rotatable bonds is 4. The van der Waals surface area contributed by atoms with Gasteiger partial charge in [0.25, 0.3) is 0 Å². The van der Waals surface area contributed by atoms with Gasteiger partial charge in [0.1, 0.15) is 0 Å². The molecule has 1 N–H and O–H groups in total. The maximum absolute atomic E-state index is 8.61. The smallest absolute Gasteiger partial charge is 0.0462 e. The lowest BCUT2D eigenvalue weighted by atomic mass is 10.0. The molecule has 0 fully saturated rings. The van der Waals surface area contributed by atoms with Crippen LogP contribution in [-0.2, 0) is 0 Å². The van der Waals surface area contributed by atoms with Crippen LogP contribution < -0.4 is 0 Å². The molecule has 0 aliphatic rings. The Morgan fingerprint density at radius 2 is 2.38 bits per heavy atom. The number of aliphatic hydroxyl groups is 1. The van der Waals surface area contributed by atoms with Crippen molar-refractivity contribution in [1.82, 2.24) is 0 Å². The van der Waals surface area contributed by atoms with Gasteiger partial charge in [0, 0.05) is 6.61 Å². The highest BCUT2D eigenvalue weighted by Gasteiger charge is 1.98. The summed E-state index contributed by atoms with van der Waals surface area (Å²) in [5.41, 5.74) is 0. The van der Waals surface area contributed by atoms with Gasteiger partial charge < -0.3 is 5.11 Å². The Kier molecular flexibility index (Phi) is 4.67. The summed E-state index contributed by atoms with van der Waals surface area (Å²) < 4.78 is 0. The SMILES string of the molecule is C=CCC(CC)CO. The molecule has 0 radical (unpaired) electrons. The Labute approximate surface area is 51.0 Å². The number of allylic oxidation sites excluding steroid dienone is 1. The van der Waals surface area contributed by atoms with Gasteiger partial charge in [-0.2, -0.15) is 0 Å². The Morgan fingerprint density at radius 1 is 1.75 bits per heavy atom. The van der Waals surface area contributed by atoms with E-state index in [0.717, 1.165) is 12.8 Å². The third-order valence-corrected chi connectivity index (χ3v) is 1.34. The van der Waals surface area contributed by atoms with Crippen molar-refractivity contribution in [1.29, 1.82) is 0 Å². The number of aliphatic hydroxyl groups excluding tert-OH is 1. The second kappa shape index (κ2) is 4.85. The van der Waals surface area contributed by atoms with Crippen LogP contribution in [0.25, 0.3) is 0 Å². The van der Waals surface area contributed by atoms with Crippen LogP contribution in [0.4, 0.5) is 0 Å². The van der Waals surface area contributed by atoms with Crippen LogP contribution in [0.3, 0.4) is 0 Å². The highest BCUT2D eigenvalue weighted by molar-refractivity contribution is 4.71. The van der Waals surface area contributed by atoms with Crippen molar-refractivity contribution in [2.75, 3.05) is 6.61 Å². The monoisotopic (exact) mass is 114 g/mol. The Bertz CT molecular complexity index is 55.4. The van der Waals surface area contributed by atoms with E-state index in [-0.39, 0.29) is 0 Å². The fourth-order valence-corrected chi connectivity index (χ4v) is 0.606. The van der Waals surface area contributed by atoms with E-state index in [1.54, 1.807) is 0 Å². The lowest BCUT2D eigenvalue weighted by Crippen LogP contribution is -2.01. The van der Waals surface area contributed by atoms with Crippen LogP contribution in [0.1, 0.15) is 19.8 Å². The van der Waals surface area contributed by atoms with Gasteiger partial charge in [0.15, 0.2) is 0 Å². The molecule has 1 heteroatoms. The average Bonchev–Trinajstić information content (AvgIpc) is 1.83. The molecule has 48 valence electrons. The highest BCUT2D eigenvalue weighted by Crippen LogP contribution is 2.05. The molecular weight excluding hydrogens is 100 g/mol. The second-order valence-electron chi connectivity index (χ2n) is 1.98. The second-order valence-corrected chi connectivity index (χ2v) is 1.98. The predicted molar refractivity (Wildman–Crippen MR) is 35.7 cm³/mol. The summed E-state index contributed by atoms with van der Waals surface area (Å²) in [5.74, 6) is 0.437. The van der Waals surface area contributed by atoms with Crippen LogP contribution >= 0.6 is 0 Å². The van der Waals surface area contributed by atoms with Crippen LogP contribution in [0.2, 0.25) is 0 Å². The first-order valence-electron chi connectivity index (χ1n) is 3.06. The van der Waals surface area contributed by atoms with E-state index in [4.69, 9.17) is 5.11 Å². The van der Waals surface area contributed by atoms with Crippen molar-refractivity contribution < 1.29 is 5.11 Å². The molecule has 1 atom stereocenters. The van der Waals surface area contributed by atoms with Gasteiger partial charge >= 0.3 is 0 Å². The van der Waals surface area contributed by atoms with Gasteiger partial charge in [0.05, 0.1) is 0 Å². The van der Waals surface area contributed by atoms with Crippen LogP contribution in [0.15, 0.2) is 12.7 Å². The summed E-state index contributed by atoms with van der Waals surface area (Å²) in [6.45, 7) is 5.95. The quantitative estimate of drug-likeness (QED) is 0.550. The zero-order valence-corrected chi connectivity index (χ0v) is 5.43. The molecule has 0 rings (SSSR count). The van der Waals surface area contributed by atoms with E-state index in [1.165, 1.54) is 0 Å². The van der Waals surface area contributed by atoms with Crippen molar-refractivity contribution in [2.24, 2.45) is 5.92 Å². The van der Waals surface area contributed by atoms with Gasteiger partial charge in [-0.05, 0) is 12.3 Å². The highest BCUT2D eigenvalue weighted by atomic mass is 16.3. The molecule has 0 aromatic carbocycles. The first-order valence-corrected chi connectivity index (χ1v) is 3.06. The van der Waals surface area contributed by atoms with Gasteiger partial charge in [0.2, 0.25) is 0 Å². The molecule has 1 unspecified atom stereocenters. The van der Waals surface area contributed by atoms with Gasteiger partial charge in [-0.3, -0.25) is 0 Å². The van der Waals surface area contributed by atoms with E-state index in [2.05, 4.69) is 13.5 Å². The zero-order chi connectivity index (χ0) is 6.41. The minimum Gasteiger partial charge on any atom is -0.396 e. The normalized spacial score (nSPS) is 13.2. The fourth-order valence-electron chi connectivity index (χ4n) is 0.606. The topological polar surface area (TPSA) is 20.2 Å². The summed E-state index contributed by atoms with van der Waals surface area (Å²) >= 11 is 0. The van der Waals surface area contributed by atoms with Crippen LogP contribution in [0, 0.1) is 5.92 Å². The third-order valence-electron chi connectivity index (χ3n) is 1.34. The van der Waals surface area contributed by atoms with Crippen molar-refractivity contribution in [2.45, 2.75) is 19.8 Å². The molecule has 0 heterocycles. The van der Waals surface area contributed by atoms with Crippen molar-refractivity contribution in [3.8, 4) is 0 Å². The molecule has 8 heavy (non-hydrogen) atoms. The van der Waals surface area contributed by atoms with E-state index >= 15 is 0 Å².